The summed E-state index contributed by atoms with van der Waals surface area (Å²) >= 11 is 0. The highest BCUT2D eigenvalue weighted by atomic mass is 16.5. The lowest BCUT2D eigenvalue weighted by Crippen LogP contribution is -2.44. The van der Waals surface area contributed by atoms with Crippen LogP contribution in [-0.4, -0.2) is 54.9 Å². The third kappa shape index (κ3) is 4.08. The maximum atomic E-state index is 12.5. The summed E-state index contributed by atoms with van der Waals surface area (Å²) in [7, 11) is 1.67. The van der Waals surface area contributed by atoms with Crippen LogP contribution in [0.2, 0.25) is 0 Å². The highest BCUT2D eigenvalue weighted by Gasteiger charge is 2.29. The Labute approximate surface area is 143 Å². The molecule has 0 aliphatic carbocycles. The van der Waals surface area contributed by atoms with Gasteiger partial charge in [-0.25, -0.2) is 0 Å². The number of nitrogens with zero attached hydrogens (tertiary/aromatic N) is 2. The molecular weight excluding hydrogens is 304 g/mol. The lowest BCUT2D eigenvalue weighted by Gasteiger charge is -2.28. The fourth-order valence-corrected chi connectivity index (χ4v) is 3.61. The van der Waals surface area contributed by atoms with Crippen molar-refractivity contribution in [3.8, 4) is 5.75 Å². The Balaban J connectivity index is 1.49. The molecule has 1 aromatic carbocycles. The summed E-state index contributed by atoms with van der Waals surface area (Å²) in [6.07, 6.45) is 4.58. The summed E-state index contributed by atoms with van der Waals surface area (Å²) in [5.74, 6) is 1.60. The van der Waals surface area contributed by atoms with Crippen LogP contribution in [0.4, 0.5) is 0 Å². The van der Waals surface area contributed by atoms with Crippen molar-refractivity contribution in [2.75, 3.05) is 33.3 Å². The van der Waals surface area contributed by atoms with E-state index in [2.05, 4.69) is 12.1 Å². The fraction of sp³-hybridized carbons (Fsp3) is 0.579. The number of benzene rings is 1. The second-order valence-corrected chi connectivity index (χ2v) is 6.82. The summed E-state index contributed by atoms with van der Waals surface area (Å²) in [6.45, 7) is 2.59. The molecule has 130 valence electrons. The summed E-state index contributed by atoms with van der Waals surface area (Å²) in [6, 6.07) is 8.15. The van der Waals surface area contributed by atoms with E-state index in [9.17, 15) is 9.59 Å². The zero-order valence-electron chi connectivity index (χ0n) is 14.4. The molecule has 2 fully saturated rings. The van der Waals surface area contributed by atoms with Gasteiger partial charge in [-0.1, -0.05) is 12.1 Å². The largest absolute Gasteiger partial charge is 0.497 e. The number of piperidine rings is 1. The van der Waals surface area contributed by atoms with E-state index in [1.165, 1.54) is 5.56 Å². The molecule has 0 N–H and O–H groups in total. The Hall–Kier alpha value is -2.04. The molecule has 3 rings (SSSR count). The molecule has 1 aromatic rings. The van der Waals surface area contributed by atoms with Crippen molar-refractivity contribution in [2.24, 2.45) is 5.92 Å². The smallest absolute Gasteiger partial charge is 0.242 e. The van der Waals surface area contributed by atoms with Gasteiger partial charge in [-0.3, -0.25) is 9.59 Å². The van der Waals surface area contributed by atoms with Crippen LogP contribution in [-0.2, 0) is 16.0 Å². The van der Waals surface area contributed by atoms with Crippen molar-refractivity contribution in [1.82, 2.24) is 9.80 Å². The molecule has 2 amide bonds. The molecule has 0 spiro atoms. The number of hydrogen-bond donors (Lipinski definition) is 0. The summed E-state index contributed by atoms with van der Waals surface area (Å²) in [5, 5.41) is 0. The third-order valence-electron chi connectivity index (χ3n) is 5.07. The molecule has 2 heterocycles. The van der Waals surface area contributed by atoms with Gasteiger partial charge in [-0.2, -0.15) is 0 Å². The fourth-order valence-electron chi connectivity index (χ4n) is 3.61. The van der Waals surface area contributed by atoms with Gasteiger partial charge in [0.05, 0.1) is 13.7 Å². The Morgan fingerprint density at radius 3 is 2.71 bits per heavy atom. The minimum Gasteiger partial charge on any atom is -0.497 e. The van der Waals surface area contributed by atoms with E-state index in [1.807, 2.05) is 17.0 Å². The first-order valence-electron chi connectivity index (χ1n) is 8.84. The number of ether oxygens (including phenoxy) is 1. The maximum absolute atomic E-state index is 12.5. The van der Waals surface area contributed by atoms with E-state index in [0.717, 1.165) is 51.1 Å². The Morgan fingerprint density at radius 1 is 1.21 bits per heavy atom. The van der Waals surface area contributed by atoms with Crippen molar-refractivity contribution < 1.29 is 14.3 Å². The van der Waals surface area contributed by atoms with Gasteiger partial charge in [0.15, 0.2) is 0 Å². The first kappa shape index (κ1) is 16.8. The Kier molecular flexibility index (Phi) is 5.38. The van der Waals surface area contributed by atoms with Gasteiger partial charge in [-0.05, 0) is 49.3 Å². The van der Waals surface area contributed by atoms with Crippen LogP contribution < -0.4 is 4.74 Å². The molecule has 0 aromatic heterocycles. The third-order valence-corrected chi connectivity index (χ3v) is 5.07. The van der Waals surface area contributed by atoms with Crippen molar-refractivity contribution in [3.05, 3.63) is 29.8 Å². The van der Waals surface area contributed by atoms with E-state index in [4.69, 9.17) is 4.74 Å². The van der Waals surface area contributed by atoms with Crippen LogP contribution in [0, 0.1) is 5.92 Å². The lowest BCUT2D eigenvalue weighted by atomic mass is 9.99. The van der Waals surface area contributed by atoms with Gasteiger partial charge in [0.25, 0.3) is 0 Å². The molecular formula is C19H26N2O3. The summed E-state index contributed by atoms with van der Waals surface area (Å²) in [4.78, 5) is 28.0. The summed E-state index contributed by atoms with van der Waals surface area (Å²) < 4.78 is 5.18. The number of amides is 2. The first-order valence-corrected chi connectivity index (χ1v) is 8.84. The van der Waals surface area contributed by atoms with Gasteiger partial charge in [0, 0.05) is 26.1 Å². The Morgan fingerprint density at radius 2 is 2.00 bits per heavy atom. The minimum atomic E-state index is 0.0995. The predicted molar refractivity (Wildman–Crippen MR) is 91.8 cm³/mol. The topological polar surface area (TPSA) is 49.9 Å². The normalized spacial score (nSPS) is 21.2. The molecule has 5 heteroatoms. The highest BCUT2D eigenvalue weighted by Crippen LogP contribution is 2.23. The van der Waals surface area contributed by atoms with E-state index in [-0.39, 0.29) is 18.4 Å². The van der Waals surface area contributed by atoms with Crippen molar-refractivity contribution in [1.29, 1.82) is 0 Å². The van der Waals surface area contributed by atoms with Crippen LogP contribution in [0.25, 0.3) is 0 Å². The maximum Gasteiger partial charge on any atom is 0.242 e. The van der Waals surface area contributed by atoms with Crippen LogP contribution in [0.1, 0.15) is 31.2 Å². The molecule has 24 heavy (non-hydrogen) atoms. The molecule has 2 aliphatic heterocycles. The highest BCUT2D eigenvalue weighted by molar-refractivity contribution is 5.85. The van der Waals surface area contributed by atoms with Crippen LogP contribution in [0.3, 0.4) is 0 Å². The van der Waals surface area contributed by atoms with Gasteiger partial charge in [0.1, 0.15) is 5.75 Å². The monoisotopic (exact) mass is 330 g/mol. The van der Waals surface area contributed by atoms with E-state index < -0.39 is 0 Å². The van der Waals surface area contributed by atoms with Gasteiger partial charge in [0.2, 0.25) is 11.8 Å². The van der Waals surface area contributed by atoms with Crippen molar-refractivity contribution in [2.45, 2.75) is 32.1 Å². The molecule has 2 saturated heterocycles. The predicted octanol–water partition coefficient (Wildman–Crippen LogP) is 2.10. The average molecular weight is 330 g/mol. The zero-order chi connectivity index (χ0) is 16.9. The SMILES string of the molecule is COc1ccc(CC2CCN(C(=O)CN3CCCCC3=O)C2)cc1. The van der Waals surface area contributed by atoms with Gasteiger partial charge >= 0.3 is 0 Å². The molecule has 1 atom stereocenters. The molecule has 5 nitrogen and oxygen atoms in total. The number of likely N-dealkylation sites (tertiary alicyclic amines) is 2. The number of hydrogen-bond acceptors (Lipinski definition) is 3. The van der Waals surface area contributed by atoms with Gasteiger partial charge in [-0.15, -0.1) is 0 Å². The van der Waals surface area contributed by atoms with Crippen LogP contribution >= 0.6 is 0 Å². The van der Waals surface area contributed by atoms with E-state index in [1.54, 1.807) is 12.0 Å². The molecule has 1 unspecified atom stereocenters. The quantitative estimate of drug-likeness (QED) is 0.831. The zero-order valence-corrected chi connectivity index (χ0v) is 14.4. The van der Waals surface area contributed by atoms with Gasteiger partial charge < -0.3 is 14.5 Å². The number of carbonyl (C=O) groups excluding carboxylic acids is 2. The van der Waals surface area contributed by atoms with Crippen LogP contribution in [0.5, 0.6) is 5.75 Å². The minimum absolute atomic E-state index is 0.0995. The van der Waals surface area contributed by atoms with Crippen molar-refractivity contribution >= 4 is 11.8 Å². The molecule has 0 radical (unpaired) electrons. The standard InChI is InChI=1S/C19H26N2O3/c1-24-17-7-5-15(6-8-17)12-16-9-11-21(13-16)19(23)14-20-10-3-2-4-18(20)22/h5-8,16H,2-4,9-14H2,1H3. The molecule has 0 saturated carbocycles. The number of methoxy groups -OCH3 is 1. The second kappa shape index (κ2) is 7.69. The number of carbonyl (C=O) groups is 2. The van der Waals surface area contributed by atoms with Crippen LogP contribution in [0.15, 0.2) is 24.3 Å². The number of rotatable bonds is 5. The first-order chi connectivity index (χ1) is 11.7. The lowest BCUT2D eigenvalue weighted by molar-refractivity contribution is -0.141. The van der Waals surface area contributed by atoms with Crippen molar-refractivity contribution in [3.63, 3.8) is 0 Å². The Bertz CT molecular complexity index is 585. The average Bonchev–Trinajstić information content (AvgIpc) is 3.06. The molecule has 2 aliphatic rings. The van der Waals surface area contributed by atoms with E-state index >= 15 is 0 Å². The summed E-state index contributed by atoms with van der Waals surface area (Å²) in [5.41, 5.74) is 1.28. The van der Waals surface area contributed by atoms with E-state index in [0.29, 0.717) is 12.3 Å². The molecule has 0 bridgehead atoms. The second-order valence-electron chi connectivity index (χ2n) is 6.82.